The molecule has 14 nitrogen and oxygen atoms in total. The summed E-state index contributed by atoms with van der Waals surface area (Å²) in [7, 11) is -9.70. The zero-order valence-electron chi connectivity index (χ0n) is 36.2. The highest BCUT2D eigenvalue weighted by atomic mass is 31.2. The normalized spacial score (nSPS) is 14.6. The van der Waals surface area contributed by atoms with Gasteiger partial charge in [-0.15, -0.1) is 0 Å². The minimum absolute atomic E-state index is 0.107. The van der Waals surface area contributed by atoms with Crippen LogP contribution >= 0.6 is 15.6 Å². The molecular weight excluding hydrogens is 814 g/mol. The summed E-state index contributed by atoms with van der Waals surface area (Å²) in [6.07, 6.45) is 40.9. The first-order valence-electron chi connectivity index (χ1n) is 22.1. The van der Waals surface area contributed by atoms with Gasteiger partial charge in [0.05, 0.1) is 19.8 Å². The fourth-order valence-corrected chi connectivity index (χ4v) is 6.70. The highest BCUT2D eigenvalue weighted by molar-refractivity contribution is 7.47. The van der Waals surface area contributed by atoms with Crippen LogP contribution in [0.2, 0.25) is 0 Å². The fourth-order valence-electron chi connectivity index (χ4n) is 5.55. The number of unbranched alkanes of at least 4 members (excludes halogenated alkanes) is 15. The average molecular weight is 893 g/mol. The molecule has 0 aliphatic rings. The quantitative estimate of drug-likeness (QED) is 0.0167. The van der Waals surface area contributed by atoms with Gasteiger partial charge in [-0.3, -0.25) is 23.2 Å². The van der Waals surface area contributed by atoms with Crippen molar-refractivity contribution in [2.45, 2.75) is 173 Å². The number of hydrogen-bond donors (Lipinski definition) is 5. The van der Waals surface area contributed by atoms with Gasteiger partial charge in [-0.2, -0.15) is 0 Å². The van der Waals surface area contributed by atoms with E-state index in [9.17, 15) is 28.7 Å². The van der Waals surface area contributed by atoms with Crippen molar-refractivity contribution < 1.29 is 66.7 Å². The molecule has 0 bridgehead atoms. The molecule has 0 heterocycles. The van der Waals surface area contributed by atoms with Crippen molar-refractivity contribution in [3.8, 4) is 0 Å². The van der Waals surface area contributed by atoms with Crippen molar-refractivity contribution in [1.29, 1.82) is 0 Å². The largest absolute Gasteiger partial charge is 0.472 e. The number of carbonyl (C=O) groups excluding carboxylic acids is 2. The van der Waals surface area contributed by atoms with E-state index in [4.69, 9.17) is 28.9 Å². The van der Waals surface area contributed by atoms with Gasteiger partial charge in [0.1, 0.15) is 12.7 Å². The second-order valence-electron chi connectivity index (χ2n) is 14.7. The molecule has 5 N–H and O–H groups in total. The van der Waals surface area contributed by atoms with Gasteiger partial charge in [0.25, 0.3) is 0 Å². The molecule has 0 saturated heterocycles. The van der Waals surface area contributed by atoms with E-state index in [0.29, 0.717) is 19.3 Å². The lowest BCUT2D eigenvalue weighted by atomic mass is 10.1. The van der Waals surface area contributed by atoms with Crippen LogP contribution in [-0.2, 0) is 41.8 Å². The van der Waals surface area contributed by atoms with Crippen LogP contribution in [0.3, 0.4) is 0 Å². The molecule has 0 rings (SSSR count). The van der Waals surface area contributed by atoms with E-state index in [-0.39, 0.29) is 19.4 Å². The van der Waals surface area contributed by atoms with Gasteiger partial charge in [0.2, 0.25) is 0 Å². The van der Waals surface area contributed by atoms with Gasteiger partial charge in [0.15, 0.2) is 6.10 Å². The summed E-state index contributed by atoms with van der Waals surface area (Å²) < 4.78 is 47.7. The highest BCUT2D eigenvalue weighted by Gasteiger charge is 2.28. The first-order chi connectivity index (χ1) is 28.9. The Morgan fingerprint density at radius 3 is 1.50 bits per heavy atom. The third-order valence-electron chi connectivity index (χ3n) is 8.92. The van der Waals surface area contributed by atoms with Crippen molar-refractivity contribution in [3.63, 3.8) is 0 Å². The van der Waals surface area contributed by atoms with E-state index >= 15 is 0 Å². The summed E-state index contributed by atoms with van der Waals surface area (Å²) in [5.41, 5.74) is 0. The molecule has 16 heteroatoms. The lowest BCUT2D eigenvalue weighted by Gasteiger charge is -2.20. The maximum Gasteiger partial charge on any atom is 0.472 e. The van der Waals surface area contributed by atoms with Gasteiger partial charge >= 0.3 is 27.6 Å². The van der Waals surface area contributed by atoms with Crippen molar-refractivity contribution in [2.75, 3.05) is 33.0 Å². The molecule has 0 fully saturated rings. The van der Waals surface area contributed by atoms with Crippen LogP contribution in [0.4, 0.5) is 0 Å². The molecule has 0 aliphatic heterocycles. The SMILES string of the molecule is CCCCCC/C=C\CCCCCCCCCC(=O)O[C@H](COC(=O)CCC/C=C\C/C=C\C/C=C\C/C=C\CCCCCO)COP(=O)(O)OC[C@@H](O)COP(=O)(O)O. The maximum atomic E-state index is 12.7. The Labute approximate surface area is 360 Å². The van der Waals surface area contributed by atoms with Crippen LogP contribution in [0.5, 0.6) is 0 Å². The van der Waals surface area contributed by atoms with E-state index in [1.54, 1.807) is 0 Å². The molecule has 0 radical (unpaired) electrons. The molecule has 0 aromatic rings. The molecule has 348 valence electrons. The molecule has 0 saturated carbocycles. The van der Waals surface area contributed by atoms with Gasteiger partial charge in [0, 0.05) is 19.4 Å². The highest BCUT2D eigenvalue weighted by Crippen LogP contribution is 2.43. The summed E-state index contributed by atoms with van der Waals surface area (Å²) in [6.45, 7) is -0.319. The van der Waals surface area contributed by atoms with E-state index in [0.717, 1.165) is 83.5 Å². The van der Waals surface area contributed by atoms with Crippen molar-refractivity contribution in [3.05, 3.63) is 60.8 Å². The number of hydrogen-bond acceptors (Lipinski definition) is 11. The molecular formula is C44H78O14P2. The number of phosphoric ester groups is 2. The van der Waals surface area contributed by atoms with Crippen LogP contribution in [0, 0.1) is 0 Å². The summed E-state index contributed by atoms with van der Waals surface area (Å²) in [5.74, 6) is -1.12. The predicted molar refractivity (Wildman–Crippen MR) is 236 cm³/mol. The van der Waals surface area contributed by atoms with Crippen molar-refractivity contribution in [2.24, 2.45) is 0 Å². The summed E-state index contributed by atoms with van der Waals surface area (Å²) >= 11 is 0. The molecule has 0 aromatic carbocycles. The first-order valence-corrected chi connectivity index (χ1v) is 25.1. The van der Waals surface area contributed by atoms with E-state index < -0.39 is 66.2 Å². The summed E-state index contributed by atoms with van der Waals surface area (Å²) in [5, 5.41) is 18.5. The lowest BCUT2D eigenvalue weighted by molar-refractivity contribution is -0.161. The minimum atomic E-state index is -4.87. The molecule has 1 unspecified atom stereocenters. The standard InChI is InChI=1S/C44H78O14P2/c1-2-3-4-5-6-7-8-9-13-17-20-23-26-29-32-35-44(48)58-42(40-57-60(52,53)56-38-41(46)37-55-59(49,50)51)39-54-43(47)34-31-28-25-22-19-16-14-11-10-12-15-18-21-24-27-30-33-36-45/h7-8,10,12,14,16,18,21-22,25,41-42,45-46H,2-6,9,11,13,15,17,19-20,23-24,26-40H2,1H3,(H,52,53)(H2,49,50,51)/b8-7-,12-10-,16-14-,21-18-,25-22-/t41-,42+/m0/s1. The number of aliphatic hydroxyl groups is 2. The zero-order valence-corrected chi connectivity index (χ0v) is 38.0. The summed E-state index contributed by atoms with van der Waals surface area (Å²) in [4.78, 5) is 52.7. The molecule has 0 amide bonds. The minimum Gasteiger partial charge on any atom is -0.462 e. The first kappa shape index (κ1) is 57.8. The zero-order chi connectivity index (χ0) is 44.4. The Morgan fingerprint density at radius 2 is 0.950 bits per heavy atom. The Morgan fingerprint density at radius 1 is 0.517 bits per heavy atom. The smallest absolute Gasteiger partial charge is 0.462 e. The van der Waals surface area contributed by atoms with E-state index in [1.807, 2.05) is 12.2 Å². The fraction of sp³-hybridized carbons (Fsp3) is 0.727. The molecule has 3 atom stereocenters. The van der Waals surface area contributed by atoms with Crippen molar-refractivity contribution >= 4 is 27.6 Å². The summed E-state index contributed by atoms with van der Waals surface area (Å²) in [6, 6.07) is 0. The maximum absolute atomic E-state index is 12.7. The Balaban J connectivity index is 4.60. The van der Waals surface area contributed by atoms with Crippen molar-refractivity contribution in [1.82, 2.24) is 0 Å². The van der Waals surface area contributed by atoms with Gasteiger partial charge in [-0.25, -0.2) is 9.13 Å². The number of aliphatic hydroxyl groups excluding tert-OH is 2. The van der Waals surface area contributed by atoms with Gasteiger partial charge in [-0.05, 0) is 83.5 Å². The lowest BCUT2D eigenvalue weighted by Crippen LogP contribution is -2.30. The second kappa shape index (κ2) is 40.8. The van der Waals surface area contributed by atoms with Gasteiger partial charge < -0.3 is 34.4 Å². The Kier molecular flexibility index (Phi) is 39.3. The van der Waals surface area contributed by atoms with Gasteiger partial charge in [-0.1, -0.05) is 125 Å². The Bertz CT molecular complexity index is 1290. The van der Waals surface area contributed by atoms with Crippen LogP contribution in [0.25, 0.3) is 0 Å². The second-order valence-corrected chi connectivity index (χ2v) is 17.4. The number of allylic oxidation sites excluding steroid dienone is 10. The number of carbonyl (C=O) groups is 2. The average Bonchev–Trinajstić information content (AvgIpc) is 3.21. The number of esters is 2. The monoisotopic (exact) mass is 892 g/mol. The number of rotatable bonds is 42. The third kappa shape index (κ3) is 43.9. The van der Waals surface area contributed by atoms with E-state index in [1.165, 1.54) is 38.5 Å². The van der Waals surface area contributed by atoms with Crippen LogP contribution in [0.15, 0.2) is 60.8 Å². The molecule has 0 spiro atoms. The number of ether oxygens (including phenoxy) is 2. The van der Waals surface area contributed by atoms with E-state index in [2.05, 4.69) is 64.6 Å². The molecule has 0 aliphatic carbocycles. The van der Waals surface area contributed by atoms with Crippen LogP contribution < -0.4 is 0 Å². The molecule has 0 aromatic heterocycles. The van der Waals surface area contributed by atoms with Crippen LogP contribution in [0.1, 0.15) is 161 Å². The topological polar surface area (TPSA) is 216 Å². The predicted octanol–water partition coefficient (Wildman–Crippen LogP) is 10.2. The van der Waals surface area contributed by atoms with Crippen LogP contribution in [-0.4, -0.2) is 82.1 Å². The third-order valence-corrected chi connectivity index (χ3v) is 10.4. The number of phosphoric acid groups is 2. The molecule has 60 heavy (non-hydrogen) atoms. The Hall–Kier alpha value is -2.22.